The first kappa shape index (κ1) is 16.4. The third-order valence-electron chi connectivity index (χ3n) is 3.62. The summed E-state index contributed by atoms with van der Waals surface area (Å²) >= 11 is 0. The third-order valence-corrected chi connectivity index (χ3v) is 3.62. The van der Waals surface area contributed by atoms with Crippen molar-refractivity contribution in [1.29, 1.82) is 0 Å². The van der Waals surface area contributed by atoms with Crippen molar-refractivity contribution in [3.05, 3.63) is 29.6 Å². The molecule has 1 amide bonds. The molecular weight excluding hydrogens is 280 g/mol. The first-order valence-corrected chi connectivity index (χ1v) is 7.80. The van der Waals surface area contributed by atoms with Gasteiger partial charge < -0.3 is 15.4 Å². The van der Waals surface area contributed by atoms with Gasteiger partial charge in [-0.25, -0.2) is 9.97 Å². The molecule has 120 valence electrons. The molecule has 1 heterocycles. The highest BCUT2D eigenvalue weighted by atomic mass is 16.5. The molecule has 0 atom stereocenters. The van der Waals surface area contributed by atoms with Gasteiger partial charge in [0.05, 0.1) is 12.2 Å². The molecule has 1 aromatic rings. The topological polar surface area (TPSA) is 76.1 Å². The molecule has 6 heteroatoms. The summed E-state index contributed by atoms with van der Waals surface area (Å²) in [6, 6.07) is 0. The van der Waals surface area contributed by atoms with Crippen molar-refractivity contribution in [1.82, 2.24) is 15.3 Å². The Morgan fingerprint density at radius 1 is 1.27 bits per heavy atom. The highest BCUT2D eigenvalue weighted by Crippen LogP contribution is 2.19. The van der Waals surface area contributed by atoms with Crippen LogP contribution in [0.25, 0.3) is 0 Å². The van der Waals surface area contributed by atoms with E-state index in [2.05, 4.69) is 26.7 Å². The van der Waals surface area contributed by atoms with Gasteiger partial charge in [0.25, 0.3) is 5.91 Å². The minimum atomic E-state index is -0.125. The van der Waals surface area contributed by atoms with Gasteiger partial charge >= 0.3 is 0 Å². The van der Waals surface area contributed by atoms with E-state index < -0.39 is 0 Å². The molecule has 0 aromatic carbocycles. The Bertz CT molecular complexity index is 499. The number of allylic oxidation sites excluding steroid dienone is 1. The van der Waals surface area contributed by atoms with Crippen LogP contribution in [0.5, 0.6) is 0 Å². The predicted octanol–water partition coefficient (Wildman–Crippen LogP) is 2.16. The minimum Gasteiger partial charge on any atom is -0.383 e. The fourth-order valence-corrected chi connectivity index (χ4v) is 2.37. The highest BCUT2D eigenvalue weighted by Gasteiger charge is 2.08. The Kier molecular flexibility index (Phi) is 6.83. The monoisotopic (exact) mass is 304 g/mol. The van der Waals surface area contributed by atoms with Crippen LogP contribution in [0.1, 0.15) is 42.5 Å². The normalized spacial score (nSPS) is 14.3. The Balaban J connectivity index is 1.73. The van der Waals surface area contributed by atoms with E-state index in [1.807, 2.05) is 0 Å². The number of rotatable bonds is 8. The van der Waals surface area contributed by atoms with Gasteiger partial charge in [-0.2, -0.15) is 0 Å². The van der Waals surface area contributed by atoms with E-state index in [-0.39, 0.29) is 5.91 Å². The molecule has 1 aliphatic carbocycles. The molecular formula is C16H24N4O2. The van der Waals surface area contributed by atoms with Gasteiger partial charge in [-0.15, -0.1) is 0 Å². The molecule has 2 rings (SSSR count). The first-order chi connectivity index (χ1) is 10.8. The number of nitrogens with zero attached hydrogens (tertiary/aromatic N) is 2. The lowest BCUT2D eigenvalue weighted by Crippen LogP contribution is -2.25. The van der Waals surface area contributed by atoms with Gasteiger partial charge in [0.2, 0.25) is 5.95 Å². The van der Waals surface area contributed by atoms with Crippen molar-refractivity contribution in [2.75, 3.05) is 32.1 Å². The van der Waals surface area contributed by atoms with E-state index in [1.54, 1.807) is 7.11 Å². The quantitative estimate of drug-likeness (QED) is 0.568. The number of ether oxygens (including phenoxy) is 1. The zero-order valence-electron chi connectivity index (χ0n) is 13.1. The average Bonchev–Trinajstić information content (AvgIpc) is 2.56. The zero-order chi connectivity index (χ0) is 15.6. The molecule has 2 N–H and O–H groups in total. The van der Waals surface area contributed by atoms with E-state index in [9.17, 15) is 4.79 Å². The molecule has 0 saturated heterocycles. The van der Waals surface area contributed by atoms with Gasteiger partial charge in [-0.05, 0) is 32.1 Å². The molecule has 0 bridgehead atoms. The second-order valence-electron chi connectivity index (χ2n) is 5.33. The van der Waals surface area contributed by atoms with Crippen LogP contribution in [0.3, 0.4) is 0 Å². The predicted molar refractivity (Wildman–Crippen MR) is 85.9 cm³/mol. The van der Waals surface area contributed by atoms with E-state index in [1.165, 1.54) is 43.7 Å². The lowest BCUT2D eigenvalue weighted by Gasteiger charge is -2.12. The summed E-state index contributed by atoms with van der Waals surface area (Å²) in [5.41, 5.74) is 1.94. The summed E-state index contributed by atoms with van der Waals surface area (Å²) in [5, 5.41) is 5.93. The van der Waals surface area contributed by atoms with E-state index in [4.69, 9.17) is 4.74 Å². The molecule has 0 saturated carbocycles. The second kappa shape index (κ2) is 9.15. The molecule has 0 aliphatic heterocycles. The molecule has 0 unspecified atom stereocenters. The largest absolute Gasteiger partial charge is 0.383 e. The molecule has 0 radical (unpaired) electrons. The zero-order valence-corrected chi connectivity index (χ0v) is 13.1. The van der Waals surface area contributed by atoms with Crippen molar-refractivity contribution in [2.24, 2.45) is 0 Å². The smallest absolute Gasteiger partial charge is 0.254 e. The van der Waals surface area contributed by atoms with Crippen LogP contribution in [0.2, 0.25) is 0 Å². The number of hydrogen-bond acceptors (Lipinski definition) is 5. The number of carbonyl (C=O) groups excluding carboxylic acids is 1. The van der Waals surface area contributed by atoms with E-state index >= 15 is 0 Å². The fourth-order valence-electron chi connectivity index (χ4n) is 2.37. The maximum Gasteiger partial charge on any atom is 0.254 e. The van der Waals surface area contributed by atoms with Crippen molar-refractivity contribution < 1.29 is 9.53 Å². The van der Waals surface area contributed by atoms with Gasteiger partial charge in [-0.3, -0.25) is 4.79 Å². The SMILES string of the molecule is COCCNc1ncc(C(=O)NCCC2=CCCCC2)cn1. The lowest BCUT2D eigenvalue weighted by molar-refractivity contribution is 0.0953. The first-order valence-electron chi connectivity index (χ1n) is 7.80. The lowest BCUT2D eigenvalue weighted by atomic mass is 9.97. The Labute approximate surface area is 131 Å². The molecule has 22 heavy (non-hydrogen) atoms. The Morgan fingerprint density at radius 2 is 2.09 bits per heavy atom. The summed E-state index contributed by atoms with van der Waals surface area (Å²) < 4.78 is 4.93. The maximum atomic E-state index is 12.0. The van der Waals surface area contributed by atoms with Crippen LogP contribution >= 0.6 is 0 Å². The van der Waals surface area contributed by atoms with E-state index in [0.29, 0.717) is 31.2 Å². The minimum absolute atomic E-state index is 0.125. The maximum absolute atomic E-state index is 12.0. The van der Waals surface area contributed by atoms with Crippen molar-refractivity contribution in [2.45, 2.75) is 32.1 Å². The summed E-state index contributed by atoms with van der Waals surface area (Å²) in [6.07, 6.45) is 11.2. The molecule has 1 aromatic heterocycles. The standard InChI is InChI=1S/C16H24N4O2/c1-22-10-9-18-16-19-11-14(12-20-16)15(21)17-8-7-13-5-3-2-4-6-13/h5,11-12H,2-4,6-10H2,1H3,(H,17,21)(H,18,19,20). The van der Waals surface area contributed by atoms with Crippen LogP contribution in [0, 0.1) is 0 Å². The van der Waals surface area contributed by atoms with Gasteiger partial charge in [0.1, 0.15) is 0 Å². The second-order valence-corrected chi connectivity index (χ2v) is 5.33. The van der Waals surface area contributed by atoms with E-state index in [0.717, 1.165) is 6.42 Å². The number of amides is 1. The average molecular weight is 304 g/mol. The Hall–Kier alpha value is -1.95. The van der Waals surface area contributed by atoms with Crippen LogP contribution in [-0.2, 0) is 4.74 Å². The van der Waals surface area contributed by atoms with Crippen LogP contribution < -0.4 is 10.6 Å². The van der Waals surface area contributed by atoms with Gasteiger partial charge in [0, 0.05) is 32.6 Å². The summed E-state index contributed by atoms with van der Waals surface area (Å²) in [4.78, 5) is 20.2. The number of aromatic nitrogens is 2. The molecule has 0 spiro atoms. The van der Waals surface area contributed by atoms with Gasteiger partial charge in [-0.1, -0.05) is 11.6 Å². The fraction of sp³-hybridized carbons (Fsp3) is 0.562. The Morgan fingerprint density at radius 3 is 2.77 bits per heavy atom. The summed E-state index contributed by atoms with van der Waals surface area (Å²) in [6.45, 7) is 1.89. The number of hydrogen-bond donors (Lipinski definition) is 2. The summed E-state index contributed by atoms with van der Waals surface area (Å²) in [7, 11) is 1.64. The number of anilines is 1. The number of nitrogens with one attached hydrogen (secondary N) is 2. The van der Waals surface area contributed by atoms with Crippen molar-refractivity contribution >= 4 is 11.9 Å². The molecule has 0 fully saturated rings. The van der Waals surface area contributed by atoms with Crippen LogP contribution in [-0.4, -0.2) is 42.7 Å². The van der Waals surface area contributed by atoms with Crippen molar-refractivity contribution in [3.63, 3.8) is 0 Å². The van der Waals surface area contributed by atoms with Crippen LogP contribution in [0.4, 0.5) is 5.95 Å². The van der Waals surface area contributed by atoms with Gasteiger partial charge in [0.15, 0.2) is 0 Å². The molecule has 1 aliphatic rings. The highest BCUT2D eigenvalue weighted by molar-refractivity contribution is 5.93. The van der Waals surface area contributed by atoms with Crippen molar-refractivity contribution in [3.8, 4) is 0 Å². The summed E-state index contributed by atoms with van der Waals surface area (Å²) in [5.74, 6) is 0.376. The molecule has 6 nitrogen and oxygen atoms in total. The van der Waals surface area contributed by atoms with Crippen LogP contribution in [0.15, 0.2) is 24.0 Å². The third kappa shape index (κ3) is 5.44. The number of methoxy groups -OCH3 is 1. The number of carbonyl (C=O) groups is 1.